The number of likely N-dealkylation sites (N-methyl/N-ethyl adjacent to an activating group) is 1. The van der Waals surface area contributed by atoms with Crippen LogP contribution >= 0.6 is 11.3 Å². The number of nitrogens with one attached hydrogen (secondary N) is 3. The SMILES string of the molecule is CN[C@H](Cc1cccs1)C(=O)N[C@@H](CCCCNC(=O)O)C(N)=O. The van der Waals surface area contributed by atoms with E-state index < -0.39 is 24.1 Å². The van der Waals surface area contributed by atoms with Gasteiger partial charge < -0.3 is 26.8 Å². The molecule has 134 valence electrons. The van der Waals surface area contributed by atoms with Crippen molar-refractivity contribution >= 4 is 29.2 Å². The van der Waals surface area contributed by atoms with Gasteiger partial charge in [-0.05, 0) is 37.8 Å². The lowest BCUT2D eigenvalue weighted by Crippen LogP contribution is -2.51. The molecule has 6 N–H and O–H groups in total. The highest BCUT2D eigenvalue weighted by molar-refractivity contribution is 7.09. The number of thiophene rings is 1. The van der Waals surface area contributed by atoms with Crippen molar-refractivity contribution in [3.8, 4) is 0 Å². The van der Waals surface area contributed by atoms with Crippen molar-refractivity contribution in [3.05, 3.63) is 22.4 Å². The average molecular weight is 356 g/mol. The molecule has 0 aliphatic heterocycles. The van der Waals surface area contributed by atoms with Crippen LogP contribution in [0.25, 0.3) is 0 Å². The first kappa shape index (κ1) is 19.9. The van der Waals surface area contributed by atoms with E-state index in [1.165, 1.54) is 0 Å². The molecule has 0 saturated heterocycles. The molecule has 1 heterocycles. The number of hydrogen-bond donors (Lipinski definition) is 5. The van der Waals surface area contributed by atoms with E-state index in [2.05, 4.69) is 16.0 Å². The zero-order valence-electron chi connectivity index (χ0n) is 13.6. The third-order valence-corrected chi connectivity index (χ3v) is 4.40. The maximum Gasteiger partial charge on any atom is 0.404 e. The fraction of sp³-hybridized carbons (Fsp3) is 0.533. The second kappa shape index (κ2) is 10.6. The summed E-state index contributed by atoms with van der Waals surface area (Å²) in [5, 5.41) is 18.3. The van der Waals surface area contributed by atoms with Crippen LogP contribution in [0.2, 0.25) is 0 Å². The van der Waals surface area contributed by atoms with Crippen molar-refractivity contribution in [3.63, 3.8) is 0 Å². The minimum absolute atomic E-state index is 0.279. The highest BCUT2D eigenvalue weighted by atomic mass is 32.1. The molecule has 0 aliphatic rings. The molecule has 3 amide bonds. The Morgan fingerprint density at radius 1 is 1.29 bits per heavy atom. The van der Waals surface area contributed by atoms with Crippen molar-refractivity contribution in [2.24, 2.45) is 5.73 Å². The standard InChI is InChI=1S/C15H24N4O4S/c1-17-12(9-10-5-4-8-24-10)14(21)19-11(13(16)20)6-2-3-7-18-15(22)23/h4-5,8,11-12,17-18H,2-3,6-7,9H2,1H3,(H2,16,20)(H,19,21)(H,22,23)/t11-,12+/m0/s1. The van der Waals surface area contributed by atoms with Crippen molar-refractivity contribution in [2.45, 2.75) is 37.8 Å². The fourth-order valence-electron chi connectivity index (χ4n) is 2.18. The number of carboxylic acid groups (broad SMARTS) is 1. The first-order chi connectivity index (χ1) is 11.4. The summed E-state index contributed by atoms with van der Waals surface area (Å²) >= 11 is 1.56. The zero-order valence-corrected chi connectivity index (χ0v) is 14.4. The van der Waals surface area contributed by atoms with E-state index in [4.69, 9.17) is 10.8 Å². The molecule has 0 unspecified atom stereocenters. The van der Waals surface area contributed by atoms with Crippen LogP contribution in [0, 0.1) is 0 Å². The van der Waals surface area contributed by atoms with E-state index in [-0.39, 0.29) is 5.91 Å². The number of amides is 3. The second-order valence-corrected chi connectivity index (χ2v) is 6.35. The molecule has 2 atom stereocenters. The number of hydrogen-bond acceptors (Lipinski definition) is 5. The minimum Gasteiger partial charge on any atom is -0.465 e. The van der Waals surface area contributed by atoms with Crippen molar-refractivity contribution < 1.29 is 19.5 Å². The monoisotopic (exact) mass is 356 g/mol. The van der Waals surface area contributed by atoms with Gasteiger partial charge in [-0.1, -0.05) is 6.07 Å². The Morgan fingerprint density at radius 3 is 2.58 bits per heavy atom. The van der Waals surface area contributed by atoms with Crippen molar-refractivity contribution in [1.29, 1.82) is 0 Å². The van der Waals surface area contributed by atoms with Crippen LogP contribution in [0.5, 0.6) is 0 Å². The number of unbranched alkanes of at least 4 members (excludes halogenated alkanes) is 1. The maximum atomic E-state index is 12.3. The number of carbonyl (C=O) groups is 3. The van der Waals surface area contributed by atoms with Crippen LogP contribution in [0.15, 0.2) is 17.5 Å². The Labute approximate surface area is 144 Å². The largest absolute Gasteiger partial charge is 0.465 e. The summed E-state index contributed by atoms with van der Waals surface area (Å²) in [5.41, 5.74) is 5.34. The molecule has 0 aliphatic carbocycles. The topological polar surface area (TPSA) is 134 Å². The third kappa shape index (κ3) is 7.42. The molecular formula is C15H24N4O4S. The van der Waals surface area contributed by atoms with E-state index >= 15 is 0 Å². The van der Waals surface area contributed by atoms with Gasteiger partial charge in [-0.15, -0.1) is 11.3 Å². The van der Waals surface area contributed by atoms with Gasteiger partial charge in [0, 0.05) is 17.8 Å². The van der Waals surface area contributed by atoms with Gasteiger partial charge in [-0.3, -0.25) is 9.59 Å². The van der Waals surface area contributed by atoms with E-state index in [0.717, 1.165) is 4.88 Å². The average Bonchev–Trinajstić information content (AvgIpc) is 3.03. The smallest absolute Gasteiger partial charge is 0.404 e. The normalized spacial score (nSPS) is 13.0. The Bertz CT molecular complexity index is 536. The summed E-state index contributed by atoms with van der Waals surface area (Å²) < 4.78 is 0. The Kier molecular flexibility index (Phi) is 8.80. The summed E-state index contributed by atoms with van der Waals surface area (Å²) in [6.07, 6.45) is 0.964. The van der Waals surface area contributed by atoms with E-state index in [9.17, 15) is 14.4 Å². The lowest BCUT2D eigenvalue weighted by atomic mass is 10.1. The second-order valence-electron chi connectivity index (χ2n) is 5.32. The summed E-state index contributed by atoms with van der Waals surface area (Å²) in [6.45, 7) is 0.298. The molecule has 0 saturated carbocycles. The van der Waals surface area contributed by atoms with Crippen molar-refractivity contribution in [2.75, 3.05) is 13.6 Å². The van der Waals surface area contributed by atoms with E-state index in [1.54, 1.807) is 18.4 Å². The summed E-state index contributed by atoms with van der Waals surface area (Å²) in [4.78, 5) is 35.3. The van der Waals surface area contributed by atoms with Crippen LogP contribution in [0.4, 0.5) is 4.79 Å². The Balaban J connectivity index is 2.45. The summed E-state index contributed by atoms with van der Waals surface area (Å²) in [5.74, 6) is -0.876. The molecular weight excluding hydrogens is 332 g/mol. The molecule has 0 spiro atoms. The molecule has 24 heavy (non-hydrogen) atoms. The molecule has 0 fully saturated rings. The Hall–Kier alpha value is -2.13. The molecule has 0 bridgehead atoms. The molecule has 0 radical (unpaired) electrons. The van der Waals surface area contributed by atoms with Gasteiger partial charge in [0.25, 0.3) is 0 Å². The lowest BCUT2D eigenvalue weighted by Gasteiger charge is -2.20. The minimum atomic E-state index is -1.08. The Morgan fingerprint density at radius 2 is 2.04 bits per heavy atom. The van der Waals surface area contributed by atoms with Gasteiger partial charge in [0.05, 0.1) is 6.04 Å². The van der Waals surface area contributed by atoms with Gasteiger partial charge in [-0.2, -0.15) is 0 Å². The number of primary amides is 1. The quantitative estimate of drug-likeness (QED) is 0.363. The molecule has 0 aromatic carbocycles. The molecule has 1 aromatic heterocycles. The number of carbonyl (C=O) groups excluding carboxylic acids is 2. The van der Waals surface area contributed by atoms with Gasteiger partial charge in [0.2, 0.25) is 11.8 Å². The fourth-order valence-corrected chi connectivity index (χ4v) is 2.93. The number of nitrogens with two attached hydrogens (primary N) is 1. The van der Waals surface area contributed by atoms with Gasteiger partial charge in [0.1, 0.15) is 6.04 Å². The van der Waals surface area contributed by atoms with Crippen molar-refractivity contribution in [1.82, 2.24) is 16.0 Å². The van der Waals surface area contributed by atoms with Gasteiger partial charge in [-0.25, -0.2) is 4.79 Å². The summed E-state index contributed by atoms with van der Waals surface area (Å²) in [6, 6.07) is 2.66. The lowest BCUT2D eigenvalue weighted by molar-refractivity contribution is -0.128. The third-order valence-electron chi connectivity index (χ3n) is 3.51. The zero-order chi connectivity index (χ0) is 17.9. The molecule has 8 nitrogen and oxygen atoms in total. The van der Waals surface area contributed by atoms with Crippen LogP contribution in [-0.2, 0) is 16.0 Å². The van der Waals surface area contributed by atoms with Gasteiger partial charge >= 0.3 is 6.09 Å². The summed E-state index contributed by atoms with van der Waals surface area (Å²) in [7, 11) is 1.69. The predicted octanol–water partition coefficient (Wildman–Crippen LogP) is 0.287. The molecule has 1 aromatic rings. The van der Waals surface area contributed by atoms with Crippen LogP contribution < -0.4 is 21.7 Å². The maximum absolute atomic E-state index is 12.3. The molecule has 1 rings (SSSR count). The van der Waals surface area contributed by atoms with E-state index in [0.29, 0.717) is 32.2 Å². The first-order valence-corrected chi connectivity index (χ1v) is 8.58. The van der Waals surface area contributed by atoms with Crippen LogP contribution in [0.1, 0.15) is 24.1 Å². The van der Waals surface area contributed by atoms with Crippen LogP contribution in [0.3, 0.4) is 0 Å². The first-order valence-electron chi connectivity index (χ1n) is 7.70. The van der Waals surface area contributed by atoms with E-state index in [1.807, 2.05) is 17.5 Å². The van der Waals surface area contributed by atoms with Gasteiger partial charge in [0.15, 0.2) is 0 Å². The van der Waals surface area contributed by atoms with Crippen LogP contribution in [-0.4, -0.2) is 48.7 Å². The number of rotatable bonds is 11. The highest BCUT2D eigenvalue weighted by Crippen LogP contribution is 2.11. The highest BCUT2D eigenvalue weighted by Gasteiger charge is 2.23. The molecule has 9 heteroatoms. The predicted molar refractivity (Wildman–Crippen MR) is 91.9 cm³/mol.